The summed E-state index contributed by atoms with van der Waals surface area (Å²) in [7, 11) is 1.86. The lowest BCUT2D eigenvalue weighted by Crippen LogP contribution is -2.33. The van der Waals surface area contributed by atoms with Gasteiger partial charge < -0.3 is 0 Å². The maximum Gasteiger partial charge on any atom is 0.140 e. The number of rotatable bonds is 4. The van der Waals surface area contributed by atoms with E-state index in [9.17, 15) is 0 Å². The summed E-state index contributed by atoms with van der Waals surface area (Å²) in [5, 5.41) is 6.47. The van der Waals surface area contributed by atoms with Crippen molar-refractivity contribution in [2.24, 2.45) is 5.10 Å². The molecule has 0 aromatic carbocycles. The van der Waals surface area contributed by atoms with Gasteiger partial charge in [-0.3, -0.25) is 10.7 Å². The Labute approximate surface area is 53.9 Å². The average molecular weight is 133 g/mol. The lowest BCUT2D eigenvalue weighted by Gasteiger charge is -2.10. The third kappa shape index (κ3) is 2.87. The van der Waals surface area contributed by atoms with E-state index in [1.807, 2.05) is 13.3 Å². The quantitative estimate of drug-likeness (QED) is 0.323. The average Bonchev–Trinajstić information content (AvgIpc) is 1.83. The molecule has 1 unspecified atom stereocenters. The smallest absolute Gasteiger partial charge is 0.140 e. The van der Waals surface area contributed by atoms with Gasteiger partial charge in [-0.25, -0.2) is 0 Å². The number of hydrogen-bond donors (Lipinski definition) is 2. The van der Waals surface area contributed by atoms with E-state index >= 15 is 0 Å². The van der Waals surface area contributed by atoms with Crippen LogP contribution in [0.4, 0.5) is 0 Å². The minimum absolute atomic E-state index is 0.187. The molecule has 0 aromatic heterocycles. The molecule has 0 bridgehead atoms. The summed E-state index contributed by atoms with van der Waals surface area (Å²) in [6.07, 6.45) is 1.99. The van der Waals surface area contributed by atoms with E-state index in [1.54, 1.807) is 11.8 Å². The first-order valence-corrected chi connectivity index (χ1v) is 3.55. The molecule has 0 aliphatic rings. The molecule has 8 heavy (non-hydrogen) atoms. The number of hydrogen-bond acceptors (Lipinski definition) is 4. The molecular weight excluding hydrogens is 122 g/mol. The van der Waals surface area contributed by atoms with Gasteiger partial charge in [-0.15, -0.1) is 11.8 Å². The molecule has 2 N–H and O–H groups in total. The van der Waals surface area contributed by atoms with Crippen LogP contribution in [-0.4, -0.2) is 25.5 Å². The van der Waals surface area contributed by atoms with Gasteiger partial charge in [-0.2, -0.15) is 5.10 Å². The normalized spacial score (nSPS) is 12.8. The second-order valence-electron chi connectivity index (χ2n) is 1.19. The van der Waals surface area contributed by atoms with E-state index in [4.69, 9.17) is 0 Å². The summed E-state index contributed by atoms with van der Waals surface area (Å²) in [5.74, 6) is 0. The van der Waals surface area contributed by atoms with Crippen molar-refractivity contribution in [1.29, 1.82) is 0 Å². The molecule has 0 radical (unpaired) electrons. The molecule has 0 amide bonds. The molecule has 0 rings (SSSR count). The molecule has 0 fully saturated rings. The van der Waals surface area contributed by atoms with Crippen LogP contribution in [0.2, 0.25) is 0 Å². The van der Waals surface area contributed by atoms with Gasteiger partial charge in [0.05, 0.1) is 0 Å². The molecule has 0 aliphatic carbocycles. The summed E-state index contributed by atoms with van der Waals surface area (Å²) in [5.41, 5.74) is 2.94. The predicted octanol–water partition coefficient (Wildman–Crippen LogP) is 0.0576. The second-order valence-corrected chi connectivity index (χ2v) is 2.13. The van der Waals surface area contributed by atoms with Crippen molar-refractivity contribution < 1.29 is 0 Å². The highest BCUT2D eigenvalue weighted by atomic mass is 32.2. The van der Waals surface area contributed by atoms with Gasteiger partial charge in [0.15, 0.2) is 0 Å². The number of thioether (sulfide) groups is 1. The third-order valence-electron chi connectivity index (χ3n) is 0.706. The summed E-state index contributed by atoms with van der Waals surface area (Å²) >= 11 is 1.64. The SMILES string of the molecule is C=NNC(NC)SC. The lowest BCUT2D eigenvalue weighted by molar-refractivity contribution is 0.620. The fraction of sp³-hybridized carbons (Fsp3) is 0.750. The minimum atomic E-state index is 0.187. The van der Waals surface area contributed by atoms with Gasteiger partial charge in [0.25, 0.3) is 0 Å². The largest absolute Gasteiger partial charge is 0.291 e. The zero-order valence-electron chi connectivity index (χ0n) is 5.14. The zero-order valence-corrected chi connectivity index (χ0v) is 5.96. The van der Waals surface area contributed by atoms with Crippen LogP contribution in [0.15, 0.2) is 5.10 Å². The first kappa shape index (κ1) is 7.78. The van der Waals surface area contributed by atoms with Gasteiger partial charge in [0.2, 0.25) is 0 Å². The molecule has 3 nitrogen and oxygen atoms in total. The highest BCUT2D eigenvalue weighted by molar-refractivity contribution is 7.99. The number of nitrogens with one attached hydrogen (secondary N) is 2. The van der Waals surface area contributed by atoms with E-state index in [0.29, 0.717) is 0 Å². The van der Waals surface area contributed by atoms with E-state index < -0.39 is 0 Å². The van der Waals surface area contributed by atoms with Crippen molar-refractivity contribution in [3.63, 3.8) is 0 Å². The summed E-state index contributed by atoms with van der Waals surface area (Å²) in [6, 6.07) is 0. The standard InChI is InChI=1S/C4H11N3S/c1-5-4(8-3)7-6-2/h4-5,7H,2H2,1,3H3. The second kappa shape index (κ2) is 4.93. The fourth-order valence-corrected chi connectivity index (χ4v) is 0.734. The van der Waals surface area contributed by atoms with Crippen LogP contribution in [0.5, 0.6) is 0 Å². The van der Waals surface area contributed by atoms with E-state index in [2.05, 4.69) is 22.6 Å². The van der Waals surface area contributed by atoms with Gasteiger partial charge in [-0.1, -0.05) is 0 Å². The molecular formula is C4H11N3S. The zero-order chi connectivity index (χ0) is 6.41. The molecule has 0 aliphatic heterocycles. The summed E-state index contributed by atoms with van der Waals surface area (Å²) in [4.78, 5) is 0. The van der Waals surface area contributed by atoms with E-state index in [0.717, 1.165) is 0 Å². The number of hydrazone groups is 1. The van der Waals surface area contributed by atoms with Gasteiger partial charge >= 0.3 is 0 Å². The van der Waals surface area contributed by atoms with Crippen molar-refractivity contribution in [2.45, 2.75) is 5.50 Å². The van der Waals surface area contributed by atoms with Crippen LogP contribution in [0.1, 0.15) is 0 Å². The van der Waals surface area contributed by atoms with E-state index in [1.165, 1.54) is 0 Å². The highest BCUT2D eigenvalue weighted by Crippen LogP contribution is 1.95. The Hall–Kier alpha value is -0.220. The molecule has 0 heterocycles. The Kier molecular flexibility index (Phi) is 4.79. The molecule has 1 atom stereocenters. The molecule has 0 saturated carbocycles. The first-order valence-electron chi connectivity index (χ1n) is 2.26. The predicted molar refractivity (Wildman–Crippen MR) is 39.0 cm³/mol. The summed E-state index contributed by atoms with van der Waals surface area (Å²) in [6.45, 7) is 3.28. The Bertz CT molecular complexity index is 62.3. The molecule has 0 spiro atoms. The van der Waals surface area contributed by atoms with Crippen LogP contribution in [0.3, 0.4) is 0 Å². The van der Waals surface area contributed by atoms with Gasteiger partial charge in [-0.05, 0) is 13.3 Å². The van der Waals surface area contributed by atoms with Crippen molar-refractivity contribution in [1.82, 2.24) is 10.7 Å². The lowest BCUT2D eigenvalue weighted by atomic mass is 11.0. The van der Waals surface area contributed by atoms with Crippen LogP contribution in [0.25, 0.3) is 0 Å². The Morgan fingerprint density at radius 2 is 2.38 bits per heavy atom. The topological polar surface area (TPSA) is 36.4 Å². The van der Waals surface area contributed by atoms with Crippen molar-refractivity contribution in [3.05, 3.63) is 0 Å². The van der Waals surface area contributed by atoms with Crippen LogP contribution >= 0.6 is 11.8 Å². The Balaban J connectivity index is 3.20. The molecule has 0 aromatic rings. The number of nitrogens with zero attached hydrogens (tertiary/aromatic N) is 1. The Morgan fingerprint density at radius 1 is 1.75 bits per heavy atom. The van der Waals surface area contributed by atoms with Crippen LogP contribution in [0, 0.1) is 0 Å². The molecule has 0 saturated heterocycles. The summed E-state index contributed by atoms with van der Waals surface area (Å²) < 4.78 is 0. The minimum Gasteiger partial charge on any atom is -0.291 e. The molecule has 4 heteroatoms. The fourth-order valence-electron chi connectivity index (χ4n) is 0.318. The third-order valence-corrected chi connectivity index (χ3v) is 1.52. The van der Waals surface area contributed by atoms with Crippen molar-refractivity contribution >= 4 is 18.5 Å². The van der Waals surface area contributed by atoms with Crippen molar-refractivity contribution in [3.8, 4) is 0 Å². The van der Waals surface area contributed by atoms with Gasteiger partial charge in [0.1, 0.15) is 5.50 Å². The van der Waals surface area contributed by atoms with Crippen molar-refractivity contribution in [2.75, 3.05) is 13.3 Å². The highest BCUT2D eigenvalue weighted by Gasteiger charge is 1.95. The maximum absolute atomic E-state index is 3.49. The maximum atomic E-state index is 3.49. The molecule has 48 valence electrons. The first-order chi connectivity index (χ1) is 3.85. The monoisotopic (exact) mass is 133 g/mol. The van der Waals surface area contributed by atoms with Crippen LogP contribution in [-0.2, 0) is 0 Å². The van der Waals surface area contributed by atoms with Gasteiger partial charge in [0, 0.05) is 6.72 Å². The van der Waals surface area contributed by atoms with Crippen LogP contribution < -0.4 is 10.7 Å². The Morgan fingerprint density at radius 3 is 2.50 bits per heavy atom. The van der Waals surface area contributed by atoms with E-state index in [-0.39, 0.29) is 5.50 Å².